The molecule has 1 aromatic heterocycles. The van der Waals surface area contributed by atoms with Gasteiger partial charge in [0, 0.05) is 15.8 Å². The fourth-order valence-electron chi connectivity index (χ4n) is 2.31. The van der Waals surface area contributed by atoms with Crippen molar-refractivity contribution in [3.63, 3.8) is 0 Å². The van der Waals surface area contributed by atoms with Gasteiger partial charge in [-0.15, -0.1) is 11.3 Å². The van der Waals surface area contributed by atoms with Gasteiger partial charge >= 0.3 is 0 Å². The summed E-state index contributed by atoms with van der Waals surface area (Å²) in [4.78, 5) is 2.65. The zero-order valence-electron chi connectivity index (χ0n) is 12.4. The molecule has 2 aromatic rings. The maximum absolute atomic E-state index is 13.4. The average Bonchev–Trinajstić information content (AvgIpc) is 2.85. The number of aryl methyl sites for hydroxylation is 2. The molecule has 0 fully saturated rings. The first-order chi connectivity index (χ1) is 9.60. The minimum absolute atomic E-state index is 0.151. The van der Waals surface area contributed by atoms with Gasteiger partial charge < -0.3 is 5.32 Å². The normalized spacial score (nSPS) is 12.6. The second kappa shape index (κ2) is 7.00. The molecule has 3 heteroatoms. The largest absolute Gasteiger partial charge is 0.309 e. The van der Waals surface area contributed by atoms with E-state index in [1.165, 1.54) is 15.8 Å². The highest BCUT2D eigenvalue weighted by atomic mass is 32.1. The number of rotatable bonds is 6. The number of hydrogen-bond donors (Lipinski definition) is 1. The SMILES string of the molecule is CCCNC(Cc1cc(F)ccc1C)c1ccc(C)s1. The Kier molecular flexibility index (Phi) is 5.32. The molecule has 1 N–H and O–H groups in total. The molecule has 2 rings (SSSR count). The first kappa shape index (κ1) is 15.2. The van der Waals surface area contributed by atoms with E-state index in [0.717, 1.165) is 30.5 Å². The first-order valence-electron chi connectivity index (χ1n) is 7.15. The van der Waals surface area contributed by atoms with Gasteiger partial charge in [0.2, 0.25) is 0 Å². The van der Waals surface area contributed by atoms with E-state index in [9.17, 15) is 4.39 Å². The monoisotopic (exact) mass is 291 g/mol. The molecule has 0 aliphatic heterocycles. The molecule has 0 radical (unpaired) electrons. The number of thiophene rings is 1. The standard InChI is InChI=1S/C17H22FNS/c1-4-9-19-16(17-8-6-13(3)20-17)11-14-10-15(18)7-5-12(14)2/h5-8,10,16,19H,4,9,11H2,1-3H3. The van der Waals surface area contributed by atoms with Crippen molar-refractivity contribution in [1.29, 1.82) is 0 Å². The highest BCUT2D eigenvalue weighted by molar-refractivity contribution is 7.12. The van der Waals surface area contributed by atoms with Crippen molar-refractivity contribution < 1.29 is 4.39 Å². The summed E-state index contributed by atoms with van der Waals surface area (Å²) in [7, 11) is 0. The molecular formula is C17H22FNS. The van der Waals surface area contributed by atoms with Crippen molar-refractivity contribution in [2.45, 2.75) is 39.7 Å². The van der Waals surface area contributed by atoms with Crippen LogP contribution in [0.25, 0.3) is 0 Å². The first-order valence-corrected chi connectivity index (χ1v) is 7.96. The maximum atomic E-state index is 13.4. The van der Waals surface area contributed by atoms with Gasteiger partial charge in [0.1, 0.15) is 5.82 Å². The van der Waals surface area contributed by atoms with Crippen LogP contribution in [0, 0.1) is 19.7 Å². The van der Waals surface area contributed by atoms with Gasteiger partial charge in [-0.05, 0) is 68.6 Å². The van der Waals surface area contributed by atoms with Crippen molar-refractivity contribution in [3.8, 4) is 0 Å². The molecule has 0 spiro atoms. The van der Waals surface area contributed by atoms with E-state index in [0.29, 0.717) is 0 Å². The van der Waals surface area contributed by atoms with Gasteiger partial charge in [0.25, 0.3) is 0 Å². The maximum Gasteiger partial charge on any atom is 0.123 e. The predicted molar refractivity (Wildman–Crippen MR) is 84.9 cm³/mol. The van der Waals surface area contributed by atoms with Gasteiger partial charge in [-0.1, -0.05) is 13.0 Å². The third-order valence-corrected chi connectivity index (χ3v) is 4.59. The molecule has 1 heterocycles. The van der Waals surface area contributed by atoms with Crippen molar-refractivity contribution >= 4 is 11.3 Å². The lowest BCUT2D eigenvalue weighted by Gasteiger charge is -2.18. The van der Waals surface area contributed by atoms with Crippen molar-refractivity contribution in [2.75, 3.05) is 6.54 Å². The van der Waals surface area contributed by atoms with Crippen LogP contribution in [0.5, 0.6) is 0 Å². The minimum Gasteiger partial charge on any atom is -0.309 e. The van der Waals surface area contributed by atoms with Gasteiger partial charge in [0.15, 0.2) is 0 Å². The van der Waals surface area contributed by atoms with E-state index in [1.54, 1.807) is 6.07 Å². The lowest BCUT2D eigenvalue weighted by molar-refractivity contribution is 0.533. The fourth-order valence-corrected chi connectivity index (χ4v) is 3.27. The zero-order valence-corrected chi connectivity index (χ0v) is 13.2. The Morgan fingerprint density at radius 2 is 2.00 bits per heavy atom. The fraction of sp³-hybridized carbons (Fsp3) is 0.412. The quantitative estimate of drug-likeness (QED) is 0.807. The second-order valence-corrected chi connectivity index (χ2v) is 6.55. The van der Waals surface area contributed by atoms with Gasteiger partial charge in [-0.2, -0.15) is 0 Å². The molecule has 0 saturated carbocycles. The van der Waals surface area contributed by atoms with Crippen LogP contribution in [-0.4, -0.2) is 6.54 Å². The Morgan fingerprint density at radius 1 is 1.20 bits per heavy atom. The van der Waals surface area contributed by atoms with Crippen LogP contribution in [0.15, 0.2) is 30.3 Å². The van der Waals surface area contributed by atoms with Crippen molar-refractivity contribution in [1.82, 2.24) is 5.32 Å². The highest BCUT2D eigenvalue weighted by Gasteiger charge is 2.15. The Hall–Kier alpha value is -1.19. The smallest absolute Gasteiger partial charge is 0.123 e. The third kappa shape index (κ3) is 3.90. The molecular weight excluding hydrogens is 269 g/mol. The number of hydrogen-bond acceptors (Lipinski definition) is 2. The van der Waals surface area contributed by atoms with Crippen molar-refractivity contribution in [2.24, 2.45) is 0 Å². The van der Waals surface area contributed by atoms with Crippen LogP contribution in [0.3, 0.4) is 0 Å². The molecule has 1 unspecified atom stereocenters. The van der Waals surface area contributed by atoms with Gasteiger partial charge in [-0.25, -0.2) is 4.39 Å². The summed E-state index contributed by atoms with van der Waals surface area (Å²) in [6.07, 6.45) is 1.94. The predicted octanol–water partition coefficient (Wildman–Crippen LogP) is 4.79. The van der Waals surface area contributed by atoms with E-state index < -0.39 is 0 Å². The minimum atomic E-state index is -0.151. The Morgan fingerprint density at radius 3 is 2.65 bits per heavy atom. The molecule has 1 aromatic carbocycles. The second-order valence-electron chi connectivity index (χ2n) is 5.23. The number of benzene rings is 1. The van der Waals surface area contributed by atoms with E-state index >= 15 is 0 Å². The summed E-state index contributed by atoms with van der Waals surface area (Å²) in [5.74, 6) is -0.151. The molecule has 20 heavy (non-hydrogen) atoms. The van der Waals surface area contributed by atoms with E-state index in [4.69, 9.17) is 0 Å². The molecule has 0 aliphatic carbocycles. The summed E-state index contributed by atoms with van der Waals surface area (Å²) >= 11 is 1.82. The highest BCUT2D eigenvalue weighted by Crippen LogP contribution is 2.27. The van der Waals surface area contributed by atoms with Crippen LogP contribution in [0.1, 0.15) is 40.3 Å². The van der Waals surface area contributed by atoms with Gasteiger partial charge in [0.05, 0.1) is 0 Å². The average molecular weight is 291 g/mol. The summed E-state index contributed by atoms with van der Waals surface area (Å²) < 4.78 is 13.4. The molecule has 0 saturated heterocycles. The van der Waals surface area contributed by atoms with Crippen LogP contribution in [-0.2, 0) is 6.42 Å². The van der Waals surface area contributed by atoms with E-state index in [2.05, 4.69) is 31.3 Å². The van der Waals surface area contributed by atoms with E-state index in [1.807, 2.05) is 24.3 Å². The molecule has 0 aliphatic rings. The van der Waals surface area contributed by atoms with Gasteiger partial charge in [-0.3, -0.25) is 0 Å². The van der Waals surface area contributed by atoms with Crippen molar-refractivity contribution in [3.05, 3.63) is 57.0 Å². The number of halogens is 1. The zero-order chi connectivity index (χ0) is 14.5. The topological polar surface area (TPSA) is 12.0 Å². The molecule has 1 nitrogen and oxygen atoms in total. The Labute approximate surface area is 124 Å². The van der Waals surface area contributed by atoms with E-state index in [-0.39, 0.29) is 11.9 Å². The Bertz CT molecular complexity index is 562. The lowest BCUT2D eigenvalue weighted by Crippen LogP contribution is -2.23. The van der Waals surface area contributed by atoms with Crippen LogP contribution < -0.4 is 5.32 Å². The Balaban J connectivity index is 2.21. The number of nitrogens with one attached hydrogen (secondary N) is 1. The molecule has 108 valence electrons. The summed E-state index contributed by atoms with van der Waals surface area (Å²) in [6, 6.07) is 9.66. The molecule has 0 bridgehead atoms. The third-order valence-electron chi connectivity index (χ3n) is 3.48. The van der Waals surface area contributed by atoms with Crippen LogP contribution in [0.2, 0.25) is 0 Å². The molecule has 0 amide bonds. The summed E-state index contributed by atoms with van der Waals surface area (Å²) in [6.45, 7) is 7.32. The lowest BCUT2D eigenvalue weighted by atomic mass is 10.00. The summed E-state index contributed by atoms with van der Waals surface area (Å²) in [5.41, 5.74) is 2.24. The molecule has 1 atom stereocenters. The van der Waals surface area contributed by atoms with Crippen LogP contribution >= 0.6 is 11.3 Å². The van der Waals surface area contributed by atoms with Crippen LogP contribution in [0.4, 0.5) is 4.39 Å². The summed E-state index contributed by atoms with van der Waals surface area (Å²) in [5, 5.41) is 3.58.